The van der Waals surface area contributed by atoms with Gasteiger partial charge in [-0.15, -0.1) is 0 Å². The van der Waals surface area contributed by atoms with Crippen LogP contribution in [-0.4, -0.2) is 18.7 Å². The van der Waals surface area contributed by atoms with Crippen molar-refractivity contribution in [2.75, 3.05) is 16.8 Å². The number of rotatable bonds is 5. The average molecular weight is 503 g/mol. The summed E-state index contributed by atoms with van der Waals surface area (Å²) in [5, 5.41) is 3.56. The fraction of sp³-hybridized carbons (Fsp3) is 0.387. The number of amides is 2. The summed E-state index contributed by atoms with van der Waals surface area (Å²) < 4.78 is 6.29. The van der Waals surface area contributed by atoms with Crippen LogP contribution in [0.1, 0.15) is 63.9 Å². The third-order valence-corrected chi connectivity index (χ3v) is 8.08. The molecule has 1 atom stereocenters. The van der Waals surface area contributed by atoms with E-state index < -0.39 is 0 Å². The first-order chi connectivity index (χ1) is 17.5. The molecule has 36 heavy (non-hydrogen) atoms. The number of ether oxygens (including phenoxy) is 1. The second kappa shape index (κ2) is 11.0. The lowest BCUT2D eigenvalue weighted by Crippen LogP contribution is -2.45. The molecule has 0 spiro atoms. The van der Waals surface area contributed by atoms with Gasteiger partial charge in [-0.3, -0.25) is 4.90 Å². The van der Waals surface area contributed by atoms with Crippen LogP contribution >= 0.6 is 11.6 Å². The van der Waals surface area contributed by atoms with E-state index in [0.29, 0.717) is 23.2 Å². The van der Waals surface area contributed by atoms with Crippen LogP contribution in [0.15, 0.2) is 66.7 Å². The molecule has 0 saturated heterocycles. The van der Waals surface area contributed by atoms with Gasteiger partial charge in [0.05, 0.1) is 12.2 Å². The number of carbonyl (C=O) groups is 1. The minimum Gasteiger partial charge on any atom is -0.486 e. The van der Waals surface area contributed by atoms with E-state index >= 15 is 0 Å². The first-order valence-electron chi connectivity index (χ1n) is 13.3. The number of nitrogens with zero attached hydrogens (tertiary/aromatic N) is 1. The summed E-state index contributed by atoms with van der Waals surface area (Å²) in [6.45, 7) is 4.90. The molecule has 0 radical (unpaired) electrons. The fourth-order valence-electron chi connectivity index (χ4n) is 5.54. The van der Waals surface area contributed by atoms with Gasteiger partial charge in [-0.25, -0.2) is 4.79 Å². The van der Waals surface area contributed by atoms with E-state index in [0.717, 1.165) is 29.3 Å². The molecule has 2 aliphatic rings. The minimum atomic E-state index is -0.185. The predicted octanol–water partition coefficient (Wildman–Crippen LogP) is 8.90. The molecule has 1 heterocycles. The summed E-state index contributed by atoms with van der Waals surface area (Å²) in [6, 6.07) is 22.2. The van der Waals surface area contributed by atoms with Crippen LogP contribution in [0.25, 0.3) is 11.1 Å². The van der Waals surface area contributed by atoms with Gasteiger partial charge in [0, 0.05) is 10.7 Å². The standard InChI is InChI=1S/C31H35ClN2O2/c1-3-21-8-10-22(11-9-21)23-12-14-24(15-13-23)25-16-17-29-30(18-25)36-28(4-2)20-34(29)31(35)33-27-7-5-6-26(32)19-27/h5-7,12-19,21-22,28H,3-4,8-11,20H2,1-2H3,(H,33,35). The lowest BCUT2D eigenvalue weighted by atomic mass is 9.77. The largest absolute Gasteiger partial charge is 0.486 e. The zero-order valence-corrected chi connectivity index (χ0v) is 21.9. The van der Waals surface area contributed by atoms with Gasteiger partial charge in [-0.05, 0) is 91.0 Å². The molecule has 5 heteroatoms. The summed E-state index contributed by atoms with van der Waals surface area (Å²) in [6.07, 6.45) is 7.38. The normalized spacial score (nSPS) is 21.4. The van der Waals surface area contributed by atoms with Crippen molar-refractivity contribution in [3.05, 3.63) is 77.3 Å². The van der Waals surface area contributed by atoms with Crippen molar-refractivity contribution >= 4 is 29.0 Å². The Kier molecular flexibility index (Phi) is 7.52. The summed E-state index contributed by atoms with van der Waals surface area (Å²) in [5.41, 5.74) is 5.18. The number of benzene rings is 3. The van der Waals surface area contributed by atoms with Gasteiger partial charge in [0.15, 0.2) is 0 Å². The molecule has 0 bridgehead atoms. The molecule has 188 valence electrons. The Morgan fingerprint density at radius 1 is 0.944 bits per heavy atom. The topological polar surface area (TPSA) is 41.6 Å². The highest BCUT2D eigenvalue weighted by atomic mass is 35.5. The number of urea groups is 1. The zero-order chi connectivity index (χ0) is 25.1. The highest BCUT2D eigenvalue weighted by Crippen LogP contribution is 2.40. The van der Waals surface area contributed by atoms with Crippen molar-refractivity contribution in [1.29, 1.82) is 0 Å². The maximum atomic E-state index is 13.2. The van der Waals surface area contributed by atoms with E-state index in [9.17, 15) is 4.79 Å². The minimum absolute atomic E-state index is 0.0570. The second-order valence-electron chi connectivity index (χ2n) is 10.1. The summed E-state index contributed by atoms with van der Waals surface area (Å²) in [7, 11) is 0. The SMILES string of the molecule is CCC1CCC(c2ccc(-c3ccc4c(c3)OC(CC)CN4C(=O)Nc3cccc(Cl)c3)cc2)CC1. The lowest BCUT2D eigenvalue weighted by molar-refractivity contribution is 0.188. The monoisotopic (exact) mass is 502 g/mol. The first kappa shape index (κ1) is 24.7. The van der Waals surface area contributed by atoms with Crippen LogP contribution in [0.2, 0.25) is 5.02 Å². The lowest BCUT2D eigenvalue weighted by Gasteiger charge is -2.35. The third-order valence-electron chi connectivity index (χ3n) is 7.85. The van der Waals surface area contributed by atoms with Crippen molar-refractivity contribution < 1.29 is 9.53 Å². The molecule has 1 aliphatic heterocycles. The number of halogens is 1. The molecule has 3 aromatic rings. The first-order valence-corrected chi connectivity index (χ1v) is 13.7. The molecule has 2 amide bonds. The number of fused-ring (bicyclic) bond motifs is 1. The Morgan fingerprint density at radius 3 is 2.39 bits per heavy atom. The molecule has 5 rings (SSSR count). The van der Waals surface area contributed by atoms with Gasteiger partial charge in [-0.1, -0.05) is 68.3 Å². The zero-order valence-electron chi connectivity index (χ0n) is 21.2. The summed E-state index contributed by atoms with van der Waals surface area (Å²) in [5.74, 6) is 2.34. The number of hydrogen-bond donors (Lipinski definition) is 1. The van der Waals surface area contributed by atoms with Crippen molar-refractivity contribution in [2.24, 2.45) is 5.92 Å². The molecule has 4 nitrogen and oxygen atoms in total. The molecule has 1 saturated carbocycles. The van der Waals surface area contributed by atoms with E-state index in [-0.39, 0.29) is 12.1 Å². The van der Waals surface area contributed by atoms with E-state index in [1.165, 1.54) is 43.2 Å². The average Bonchev–Trinajstić information content (AvgIpc) is 2.92. The Bertz CT molecular complexity index is 1200. The smallest absolute Gasteiger partial charge is 0.326 e. The Hall–Kier alpha value is -2.98. The van der Waals surface area contributed by atoms with Crippen LogP contribution in [0.5, 0.6) is 5.75 Å². The molecule has 1 N–H and O–H groups in total. The van der Waals surface area contributed by atoms with Gasteiger partial charge in [0.2, 0.25) is 0 Å². The van der Waals surface area contributed by atoms with Crippen LogP contribution in [0.4, 0.5) is 16.2 Å². The molecule has 3 aromatic carbocycles. The quantitative estimate of drug-likeness (QED) is 0.378. The highest BCUT2D eigenvalue weighted by Gasteiger charge is 2.29. The van der Waals surface area contributed by atoms with E-state index in [4.69, 9.17) is 16.3 Å². The number of anilines is 2. The van der Waals surface area contributed by atoms with Gasteiger partial charge in [0.25, 0.3) is 0 Å². The molecule has 1 fully saturated rings. The molecule has 1 aliphatic carbocycles. The number of carbonyl (C=O) groups excluding carboxylic acids is 1. The van der Waals surface area contributed by atoms with Crippen LogP contribution < -0.4 is 15.0 Å². The fourth-order valence-corrected chi connectivity index (χ4v) is 5.73. The van der Waals surface area contributed by atoms with E-state index in [1.807, 2.05) is 18.2 Å². The van der Waals surface area contributed by atoms with Gasteiger partial charge in [-0.2, -0.15) is 0 Å². The van der Waals surface area contributed by atoms with Gasteiger partial charge in [0.1, 0.15) is 11.9 Å². The molecule has 0 aromatic heterocycles. The van der Waals surface area contributed by atoms with Gasteiger partial charge < -0.3 is 10.1 Å². The molecular formula is C31H35ClN2O2. The third kappa shape index (κ3) is 5.39. The summed E-state index contributed by atoms with van der Waals surface area (Å²) in [4.78, 5) is 15.0. The number of nitrogens with one attached hydrogen (secondary N) is 1. The maximum absolute atomic E-state index is 13.2. The van der Waals surface area contributed by atoms with Crippen LogP contribution in [0.3, 0.4) is 0 Å². The Balaban J connectivity index is 1.35. The predicted molar refractivity (Wildman–Crippen MR) is 149 cm³/mol. The van der Waals surface area contributed by atoms with Gasteiger partial charge >= 0.3 is 6.03 Å². The van der Waals surface area contributed by atoms with Crippen LogP contribution in [0, 0.1) is 5.92 Å². The summed E-state index contributed by atoms with van der Waals surface area (Å²) >= 11 is 6.10. The second-order valence-corrected chi connectivity index (χ2v) is 10.6. The van der Waals surface area contributed by atoms with Crippen molar-refractivity contribution in [2.45, 2.75) is 64.4 Å². The number of hydrogen-bond acceptors (Lipinski definition) is 2. The van der Waals surface area contributed by atoms with E-state index in [2.05, 4.69) is 55.6 Å². The maximum Gasteiger partial charge on any atom is 0.326 e. The van der Waals surface area contributed by atoms with Crippen molar-refractivity contribution in [1.82, 2.24) is 0 Å². The Labute approximate surface area is 219 Å². The molecule has 1 unspecified atom stereocenters. The van der Waals surface area contributed by atoms with Crippen molar-refractivity contribution in [3.8, 4) is 16.9 Å². The Morgan fingerprint density at radius 2 is 1.69 bits per heavy atom. The highest BCUT2D eigenvalue weighted by molar-refractivity contribution is 6.30. The van der Waals surface area contributed by atoms with E-state index in [1.54, 1.807) is 17.0 Å². The van der Waals surface area contributed by atoms with Crippen molar-refractivity contribution in [3.63, 3.8) is 0 Å². The molecular weight excluding hydrogens is 468 g/mol. The van der Waals surface area contributed by atoms with Crippen LogP contribution in [-0.2, 0) is 0 Å².